The number of nitrogens with one attached hydrogen (secondary N) is 3. The molecular weight excluding hydrogens is 519 g/mol. The maximum Gasteiger partial charge on any atom is 0.323 e. The molecule has 0 bridgehead atoms. The van der Waals surface area contributed by atoms with Crippen molar-refractivity contribution < 1.29 is 18.7 Å². The largest absolute Gasteiger partial charge is 0.454 e. The molecule has 9 nitrogen and oxygen atoms in total. The van der Waals surface area contributed by atoms with E-state index >= 15 is 0 Å². The lowest BCUT2D eigenvalue weighted by Gasteiger charge is -2.34. The number of carbonyl (C=O) groups is 2. The lowest BCUT2D eigenvalue weighted by atomic mass is 10.0. The number of piperidine rings is 1. The van der Waals surface area contributed by atoms with E-state index in [0.29, 0.717) is 17.3 Å². The third kappa shape index (κ3) is 8.20. The van der Waals surface area contributed by atoms with E-state index in [1.54, 1.807) is 24.1 Å². The molecular formula is C28H31FN6O3S. The standard InChI is InChI=1S/C28H31FN6O3S/c1-34-14-11-21(12-15-34)35(2)28(37)32-25-18-22(10-13-30-25)38-24-9-8-20(17-23(24)29)31-27(39)33-26(36)16-19-6-4-3-5-7-19/h3-10,13,17-18,21H,11-12,14-16H2,1-2H3,(H,30,32,37)(H2,31,33,36,39). The molecule has 0 aliphatic carbocycles. The summed E-state index contributed by atoms with van der Waals surface area (Å²) in [5.74, 6) is -0.329. The number of aromatic nitrogens is 1. The van der Waals surface area contributed by atoms with Crippen molar-refractivity contribution in [3.05, 3.63) is 78.2 Å². The Morgan fingerprint density at radius 2 is 1.85 bits per heavy atom. The number of rotatable bonds is 7. The molecule has 0 saturated carbocycles. The first kappa shape index (κ1) is 27.9. The highest BCUT2D eigenvalue weighted by atomic mass is 32.1. The fourth-order valence-electron chi connectivity index (χ4n) is 4.19. The van der Waals surface area contributed by atoms with Gasteiger partial charge < -0.3 is 25.2 Å². The zero-order valence-electron chi connectivity index (χ0n) is 21.8. The van der Waals surface area contributed by atoms with Crippen molar-refractivity contribution in [2.75, 3.05) is 37.8 Å². The van der Waals surface area contributed by atoms with Gasteiger partial charge in [0.05, 0.1) is 6.42 Å². The molecule has 204 valence electrons. The molecule has 1 saturated heterocycles. The van der Waals surface area contributed by atoms with E-state index < -0.39 is 5.82 Å². The minimum atomic E-state index is -0.636. The van der Waals surface area contributed by atoms with E-state index in [4.69, 9.17) is 17.0 Å². The zero-order valence-corrected chi connectivity index (χ0v) is 22.6. The number of hydrogen-bond donors (Lipinski definition) is 3. The second-order valence-electron chi connectivity index (χ2n) is 9.36. The van der Waals surface area contributed by atoms with Gasteiger partial charge in [0, 0.05) is 37.1 Å². The molecule has 11 heteroatoms. The molecule has 0 unspecified atom stereocenters. The maximum absolute atomic E-state index is 14.8. The minimum absolute atomic E-state index is 0.0218. The SMILES string of the molecule is CN1CCC(N(C)C(=O)Nc2cc(Oc3ccc(NC(=S)NC(=O)Cc4ccccc4)cc3F)ccn2)CC1. The number of hydrogen-bond acceptors (Lipinski definition) is 6. The Balaban J connectivity index is 1.30. The van der Waals surface area contributed by atoms with Crippen LogP contribution in [0.2, 0.25) is 0 Å². The number of anilines is 2. The smallest absolute Gasteiger partial charge is 0.323 e. The average Bonchev–Trinajstić information content (AvgIpc) is 2.91. The number of nitrogens with zero attached hydrogens (tertiary/aromatic N) is 3. The summed E-state index contributed by atoms with van der Waals surface area (Å²) < 4.78 is 20.5. The van der Waals surface area contributed by atoms with Crippen LogP contribution in [0.25, 0.3) is 0 Å². The van der Waals surface area contributed by atoms with Crippen LogP contribution in [0.3, 0.4) is 0 Å². The van der Waals surface area contributed by atoms with Crippen LogP contribution in [0.15, 0.2) is 66.9 Å². The van der Waals surface area contributed by atoms with Crippen LogP contribution in [0.4, 0.5) is 20.7 Å². The Labute approximate surface area is 232 Å². The summed E-state index contributed by atoms with van der Waals surface area (Å²) >= 11 is 5.18. The van der Waals surface area contributed by atoms with Gasteiger partial charge in [0.15, 0.2) is 16.7 Å². The molecule has 0 radical (unpaired) electrons. The summed E-state index contributed by atoms with van der Waals surface area (Å²) in [4.78, 5) is 33.0. The van der Waals surface area contributed by atoms with Gasteiger partial charge in [0.25, 0.3) is 0 Å². The van der Waals surface area contributed by atoms with Gasteiger partial charge in [-0.3, -0.25) is 10.1 Å². The predicted octanol–water partition coefficient (Wildman–Crippen LogP) is 4.63. The van der Waals surface area contributed by atoms with Crippen molar-refractivity contribution in [3.63, 3.8) is 0 Å². The number of ether oxygens (including phenoxy) is 1. The van der Waals surface area contributed by atoms with Crippen molar-refractivity contribution in [1.29, 1.82) is 0 Å². The van der Waals surface area contributed by atoms with Crippen LogP contribution in [0.5, 0.6) is 11.5 Å². The monoisotopic (exact) mass is 550 g/mol. The molecule has 2 heterocycles. The van der Waals surface area contributed by atoms with Crippen molar-refractivity contribution in [2.45, 2.75) is 25.3 Å². The van der Waals surface area contributed by atoms with Crippen LogP contribution in [-0.2, 0) is 11.2 Å². The summed E-state index contributed by atoms with van der Waals surface area (Å²) in [5.41, 5.74) is 1.21. The summed E-state index contributed by atoms with van der Waals surface area (Å²) in [6.45, 7) is 1.89. The van der Waals surface area contributed by atoms with E-state index in [1.807, 2.05) is 30.3 Å². The molecule has 3 N–H and O–H groups in total. The topological polar surface area (TPSA) is 98.8 Å². The summed E-state index contributed by atoms with van der Waals surface area (Å²) in [5, 5.41) is 8.23. The number of halogens is 1. The number of thiocarbonyl (C=S) groups is 1. The summed E-state index contributed by atoms with van der Waals surface area (Å²) in [6, 6.07) is 16.5. The quantitative estimate of drug-likeness (QED) is 0.369. The number of urea groups is 1. The molecule has 1 aliphatic rings. The van der Waals surface area contributed by atoms with E-state index in [2.05, 4.69) is 32.9 Å². The third-order valence-electron chi connectivity index (χ3n) is 6.40. The maximum atomic E-state index is 14.8. The molecule has 4 rings (SSSR count). The molecule has 2 aromatic carbocycles. The molecule has 1 aliphatic heterocycles. The van der Waals surface area contributed by atoms with Crippen LogP contribution >= 0.6 is 12.2 Å². The Bertz CT molecular complexity index is 1320. The van der Waals surface area contributed by atoms with Gasteiger partial charge in [0.2, 0.25) is 5.91 Å². The first-order chi connectivity index (χ1) is 18.8. The molecule has 1 fully saturated rings. The number of carbonyl (C=O) groups excluding carboxylic acids is 2. The van der Waals surface area contributed by atoms with Gasteiger partial charge in [-0.2, -0.15) is 0 Å². The Hall–Kier alpha value is -4.09. The number of pyridine rings is 1. The van der Waals surface area contributed by atoms with Gasteiger partial charge in [-0.05, 0) is 69.0 Å². The van der Waals surface area contributed by atoms with E-state index in [-0.39, 0.29) is 35.3 Å². The van der Waals surface area contributed by atoms with Crippen LogP contribution < -0.4 is 20.7 Å². The van der Waals surface area contributed by atoms with Gasteiger partial charge in [0.1, 0.15) is 11.6 Å². The van der Waals surface area contributed by atoms with Gasteiger partial charge in [-0.25, -0.2) is 14.2 Å². The van der Waals surface area contributed by atoms with E-state index in [1.165, 1.54) is 24.4 Å². The number of likely N-dealkylation sites (tertiary alicyclic amines) is 1. The van der Waals surface area contributed by atoms with Gasteiger partial charge in [-0.1, -0.05) is 30.3 Å². The summed E-state index contributed by atoms with van der Waals surface area (Å²) in [7, 11) is 3.85. The lowest BCUT2D eigenvalue weighted by Crippen LogP contribution is -2.46. The fourth-order valence-corrected chi connectivity index (χ4v) is 4.42. The molecule has 39 heavy (non-hydrogen) atoms. The van der Waals surface area contributed by atoms with Crippen molar-refractivity contribution in [3.8, 4) is 11.5 Å². The average molecular weight is 551 g/mol. The Morgan fingerprint density at radius 3 is 2.56 bits per heavy atom. The van der Waals surface area contributed by atoms with Crippen LogP contribution in [0, 0.1) is 5.82 Å². The summed E-state index contributed by atoms with van der Waals surface area (Å²) in [6.07, 6.45) is 3.47. The molecule has 0 spiro atoms. The van der Waals surface area contributed by atoms with Gasteiger partial charge >= 0.3 is 6.03 Å². The highest BCUT2D eigenvalue weighted by Gasteiger charge is 2.24. The second-order valence-corrected chi connectivity index (χ2v) is 9.77. The lowest BCUT2D eigenvalue weighted by molar-refractivity contribution is -0.119. The zero-order chi connectivity index (χ0) is 27.8. The first-order valence-corrected chi connectivity index (χ1v) is 13.0. The third-order valence-corrected chi connectivity index (χ3v) is 6.60. The minimum Gasteiger partial charge on any atom is -0.454 e. The second kappa shape index (κ2) is 13.1. The molecule has 0 atom stereocenters. The first-order valence-electron chi connectivity index (χ1n) is 12.6. The molecule has 3 aromatic rings. The predicted molar refractivity (Wildman–Crippen MR) is 153 cm³/mol. The van der Waals surface area contributed by atoms with Crippen molar-refractivity contribution in [1.82, 2.24) is 20.1 Å². The highest BCUT2D eigenvalue weighted by Crippen LogP contribution is 2.28. The highest BCUT2D eigenvalue weighted by molar-refractivity contribution is 7.80. The van der Waals surface area contributed by atoms with E-state index in [0.717, 1.165) is 31.5 Å². The number of benzene rings is 2. The van der Waals surface area contributed by atoms with Crippen molar-refractivity contribution in [2.24, 2.45) is 0 Å². The van der Waals surface area contributed by atoms with E-state index in [9.17, 15) is 14.0 Å². The number of amides is 3. The normalized spacial score (nSPS) is 13.8. The fraction of sp³-hybridized carbons (Fsp3) is 0.286. The molecule has 1 aromatic heterocycles. The van der Waals surface area contributed by atoms with Crippen molar-refractivity contribution >= 4 is 40.8 Å². The van der Waals surface area contributed by atoms with Gasteiger partial charge in [-0.15, -0.1) is 0 Å². The van der Waals surface area contributed by atoms with Crippen LogP contribution in [0.1, 0.15) is 18.4 Å². The molecule has 3 amide bonds. The Kier molecular flexibility index (Phi) is 9.40. The Morgan fingerprint density at radius 1 is 1.10 bits per heavy atom. The van der Waals surface area contributed by atoms with Crippen LogP contribution in [-0.4, -0.2) is 65.1 Å².